The molecule has 1 aromatic carbocycles. The Bertz CT molecular complexity index is 436. The van der Waals surface area contributed by atoms with Gasteiger partial charge in [0.25, 0.3) is 0 Å². The minimum atomic E-state index is 0.938. The highest BCUT2D eigenvalue weighted by atomic mass is 79.9. The minimum Gasteiger partial charge on any atom is -0.428 e. The summed E-state index contributed by atoms with van der Waals surface area (Å²) in [5, 5.41) is 11.7. The van der Waals surface area contributed by atoms with Crippen molar-refractivity contribution in [1.82, 2.24) is 4.73 Å². The summed E-state index contributed by atoms with van der Waals surface area (Å²) in [5.41, 5.74) is 2.14. The maximum Gasteiger partial charge on any atom is 0.0897 e. The van der Waals surface area contributed by atoms with E-state index in [-0.39, 0.29) is 0 Å². The quantitative estimate of drug-likeness (QED) is 0.660. The highest BCUT2D eigenvalue weighted by Crippen LogP contribution is 2.20. The molecule has 0 saturated heterocycles. The molecule has 1 aromatic heterocycles. The van der Waals surface area contributed by atoms with Crippen LogP contribution in [0.2, 0.25) is 0 Å². The number of benzene rings is 1. The van der Waals surface area contributed by atoms with Crippen LogP contribution in [0.1, 0.15) is 12.0 Å². The van der Waals surface area contributed by atoms with Gasteiger partial charge in [-0.1, -0.05) is 34.1 Å². The normalized spacial score (nSPS) is 10.9. The number of hydrogen-bond acceptors (Lipinski definition) is 1. The zero-order valence-corrected chi connectivity index (χ0v) is 9.37. The highest BCUT2D eigenvalue weighted by molar-refractivity contribution is 9.09. The van der Waals surface area contributed by atoms with Crippen molar-refractivity contribution in [3.05, 3.63) is 36.0 Å². The summed E-state index contributed by atoms with van der Waals surface area (Å²) in [4.78, 5) is 0. The molecule has 1 N–H and O–H groups in total. The largest absolute Gasteiger partial charge is 0.428 e. The second kappa shape index (κ2) is 4.05. The molecule has 2 nitrogen and oxygen atoms in total. The lowest BCUT2D eigenvalue weighted by Gasteiger charge is -2.03. The van der Waals surface area contributed by atoms with Gasteiger partial charge in [0.2, 0.25) is 0 Å². The molecule has 74 valence electrons. The number of nitrogens with zero attached hydrogens (tertiary/aromatic N) is 1. The fourth-order valence-electron chi connectivity index (χ4n) is 1.71. The van der Waals surface area contributed by atoms with Crippen molar-refractivity contribution in [1.29, 1.82) is 0 Å². The molecule has 2 aromatic rings. The molecule has 0 unspecified atom stereocenters. The maximum absolute atomic E-state index is 9.60. The van der Waals surface area contributed by atoms with Crippen molar-refractivity contribution in [2.24, 2.45) is 0 Å². The highest BCUT2D eigenvalue weighted by Gasteiger charge is 2.04. The molecule has 0 bridgehead atoms. The van der Waals surface area contributed by atoms with Crippen molar-refractivity contribution in [2.75, 3.05) is 5.33 Å². The first-order valence-electron chi connectivity index (χ1n) is 4.67. The molecule has 0 atom stereocenters. The van der Waals surface area contributed by atoms with E-state index < -0.39 is 0 Å². The predicted molar refractivity (Wildman–Crippen MR) is 61.2 cm³/mol. The van der Waals surface area contributed by atoms with E-state index in [9.17, 15) is 5.21 Å². The smallest absolute Gasteiger partial charge is 0.0897 e. The monoisotopic (exact) mass is 253 g/mol. The van der Waals surface area contributed by atoms with Crippen LogP contribution in [0, 0.1) is 0 Å². The van der Waals surface area contributed by atoms with E-state index in [4.69, 9.17) is 0 Å². The van der Waals surface area contributed by atoms with Gasteiger partial charge < -0.3 is 5.21 Å². The zero-order chi connectivity index (χ0) is 9.97. The first-order valence-corrected chi connectivity index (χ1v) is 5.79. The Morgan fingerprint density at radius 2 is 2.14 bits per heavy atom. The summed E-state index contributed by atoms with van der Waals surface area (Å²) in [6.07, 6.45) is 3.76. The van der Waals surface area contributed by atoms with E-state index in [1.807, 2.05) is 18.2 Å². The Balaban J connectivity index is 2.46. The Kier molecular flexibility index (Phi) is 2.77. The summed E-state index contributed by atoms with van der Waals surface area (Å²) in [5.74, 6) is 0. The van der Waals surface area contributed by atoms with Crippen LogP contribution >= 0.6 is 15.9 Å². The topological polar surface area (TPSA) is 25.2 Å². The molecule has 0 spiro atoms. The Morgan fingerprint density at radius 3 is 2.93 bits per heavy atom. The van der Waals surface area contributed by atoms with Crippen molar-refractivity contribution >= 4 is 26.8 Å². The summed E-state index contributed by atoms with van der Waals surface area (Å²) < 4.78 is 1.21. The summed E-state index contributed by atoms with van der Waals surface area (Å²) >= 11 is 3.41. The van der Waals surface area contributed by atoms with Crippen molar-refractivity contribution < 1.29 is 5.21 Å². The van der Waals surface area contributed by atoms with Gasteiger partial charge in [0.15, 0.2) is 0 Å². The molecule has 0 aliphatic carbocycles. The summed E-state index contributed by atoms with van der Waals surface area (Å²) in [7, 11) is 0. The molecule has 0 aliphatic heterocycles. The van der Waals surface area contributed by atoms with E-state index in [0.717, 1.165) is 29.1 Å². The average Bonchev–Trinajstić information content (AvgIpc) is 2.58. The van der Waals surface area contributed by atoms with Gasteiger partial charge in [-0.15, -0.1) is 0 Å². The van der Waals surface area contributed by atoms with Gasteiger partial charge in [0.05, 0.1) is 5.52 Å². The van der Waals surface area contributed by atoms with E-state index in [1.165, 1.54) is 10.3 Å². The fourth-order valence-corrected chi connectivity index (χ4v) is 1.99. The number of para-hydroxylation sites is 1. The van der Waals surface area contributed by atoms with Crippen LogP contribution in [0.4, 0.5) is 0 Å². The molecule has 0 aliphatic rings. The van der Waals surface area contributed by atoms with Crippen LogP contribution in [0.5, 0.6) is 0 Å². The van der Waals surface area contributed by atoms with E-state index >= 15 is 0 Å². The molecular weight excluding hydrogens is 242 g/mol. The zero-order valence-electron chi connectivity index (χ0n) is 7.78. The lowest BCUT2D eigenvalue weighted by Crippen LogP contribution is -1.93. The van der Waals surface area contributed by atoms with Gasteiger partial charge in [0.1, 0.15) is 0 Å². The summed E-state index contributed by atoms with van der Waals surface area (Å²) in [6.45, 7) is 0. The number of fused-ring (bicyclic) bond motifs is 1. The number of alkyl halides is 1. The fraction of sp³-hybridized carbons (Fsp3) is 0.273. The van der Waals surface area contributed by atoms with Gasteiger partial charge in [-0.3, -0.25) is 0 Å². The number of aryl methyl sites for hydroxylation is 1. The number of halogens is 1. The van der Waals surface area contributed by atoms with Gasteiger partial charge in [-0.25, -0.2) is 0 Å². The van der Waals surface area contributed by atoms with Crippen LogP contribution in [0.3, 0.4) is 0 Å². The number of rotatable bonds is 3. The standard InChI is InChI=1S/C11H12BrNO/c12-7-2-5-9-3-1-4-10-6-8-13(14)11(9)10/h1,3-4,6,8,14H,2,5,7H2. The molecule has 0 radical (unpaired) electrons. The molecule has 3 heteroatoms. The lowest BCUT2D eigenvalue weighted by atomic mass is 10.1. The Morgan fingerprint density at radius 1 is 1.29 bits per heavy atom. The molecular formula is C11H12BrNO. The molecule has 0 amide bonds. The molecule has 1 heterocycles. The maximum atomic E-state index is 9.60. The third-order valence-corrected chi connectivity index (χ3v) is 2.92. The van der Waals surface area contributed by atoms with Gasteiger partial charge >= 0.3 is 0 Å². The van der Waals surface area contributed by atoms with Gasteiger partial charge in [-0.2, -0.15) is 4.73 Å². The average molecular weight is 254 g/mol. The van der Waals surface area contributed by atoms with Crippen molar-refractivity contribution in [3.8, 4) is 0 Å². The minimum absolute atomic E-state index is 0.938. The van der Waals surface area contributed by atoms with Crippen LogP contribution in [0.25, 0.3) is 10.9 Å². The second-order valence-corrected chi connectivity index (χ2v) is 4.10. The van der Waals surface area contributed by atoms with Gasteiger partial charge in [0, 0.05) is 16.9 Å². The summed E-state index contributed by atoms with van der Waals surface area (Å²) in [6, 6.07) is 8.04. The Hall–Kier alpha value is -0.960. The van der Waals surface area contributed by atoms with Crippen LogP contribution < -0.4 is 0 Å². The first-order chi connectivity index (χ1) is 6.83. The number of hydrogen-bond donors (Lipinski definition) is 1. The molecule has 0 saturated carbocycles. The van der Waals surface area contributed by atoms with Crippen molar-refractivity contribution in [2.45, 2.75) is 12.8 Å². The predicted octanol–water partition coefficient (Wildman–Crippen LogP) is 3.21. The molecule has 14 heavy (non-hydrogen) atoms. The van der Waals surface area contributed by atoms with Crippen LogP contribution in [-0.4, -0.2) is 15.3 Å². The van der Waals surface area contributed by atoms with Crippen molar-refractivity contribution in [3.63, 3.8) is 0 Å². The van der Waals surface area contributed by atoms with E-state index in [2.05, 4.69) is 22.0 Å². The third kappa shape index (κ3) is 1.64. The Labute approximate surface area is 91.2 Å². The van der Waals surface area contributed by atoms with Crippen LogP contribution in [-0.2, 0) is 6.42 Å². The molecule has 0 fully saturated rings. The number of aromatic nitrogens is 1. The molecule has 2 rings (SSSR count). The van der Waals surface area contributed by atoms with Gasteiger partial charge in [-0.05, 0) is 24.5 Å². The lowest BCUT2D eigenvalue weighted by molar-refractivity contribution is 0.199. The first kappa shape index (κ1) is 9.59. The third-order valence-electron chi connectivity index (χ3n) is 2.35. The van der Waals surface area contributed by atoms with Crippen LogP contribution in [0.15, 0.2) is 30.5 Å². The van der Waals surface area contributed by atoms with E-state index in [1.54, 1.807) is 6.20 Å². The second-order valence-electron chi connectivity index (χ2n) is 3.31. The SMILES string of the molecule is On1ccc2cccc(CCCBr)c21. The van der Waals surface area contributed by atoms with E-state index in [0.29, 0.717) is 0 Å².